The van der Waals surface area contributed by atoms with E-state index in [0.717, 1.165) is 16.8 Å². The van der Waals surface area contributed by atoms with Gasteiger partial charge in [-0.3, -0.25) is 14.6 Å². The summed E-state index contributed by atoms with van der Waals surface area (Å²) in [5.41, 5.74) is 3.79. The Morgan fingerprint density at radius 3 is 2.36 bits per heavy atom. The van der Waals surface area contributed by atoms with Crippen LogP contribution >= 0.6 is 0 Å². The highest BCUT2D eigenvalue weighted by atomic mass is 16.2. The number of amides is 2. The Labute approximate surface area is 162 Å². The second-order valence-electron chi connectivity index (χ2n) is 6.26. The second-order valence-corrected chi connectivity index (χ2v) is 6.26. The van der Waals surface area contributed by atoms with Crippen molar-refractivity contribution in [2.75, 3.05) is 10.6 Å². The van der Waals surface area contributed by atoms with Crippen LogP contribution in [0.3, 0.4) is 0 Å². The van der Waals surface area contributed by atoms with Crippen molar-refractivity contribution in [3.63, 3.8) is 0 Å². The Morgan fingerprint density at radius 1 is 0.929 bits per heavy atom. The molecule has 0 saturated carbocycles. The number of hydrogen-bond acceptors (Lipinski definition) is 4. The van der Waals surface area contributed by atoms with Gasteiger partial charge in [0.1, 0.15) is 11.8 Å². The maximum Gasteiger partial charge on any atom is 0.274 e. The van der Waals surface area contributed by atoms with Crippen LogP contribution in [0.2, 0.25) is 0 Å². The summed E-state index contributed by atoms with van der Waals surface area (Å²) in [6.07, 6.45) is 1.41. The molecule has 0 fully saturated rings. The molecule has 1 heterocycles. The van der Waals surface area contributed by atoms with Gasteiger partial charge < -0.3 is 10.6 Å². The molecule has 2 amide bonds. The molecule has 6 heteroatoms. The molecule has 0 aliphatic carbocycles. The fraction of sp³-hybridized carbons (Fsp3) is 0.0909. The standard InChI is InChI=1S/C22H18N4O2/c1-14-6-5-7-15(2)20(14)26-21(27)16-10-11-24-19(12-16)22(28)25-18-9-4-3-8-17(18)13-23/h3-12H,1-2H3,(H,25,28)(H,26,27). The van der Waals surface area contributed by atoms with Crippen LogP contribution in [0, 0.1) is 25.2 Å². The molecule has 1 aromatic heterocycles. The third kappa shape index (κ3) is 4.05. The highest BCUT2D eigenvalue weighted by Crippen LogP contribution is 2.20. The Hall–Kier alpha value is -3.98. The number of anilines is 2. The molecule has 2 aromatic carbocycles. The van der Waals surface area contributed by atoms with Crippen molar-refractivity contribution in [1.82, 2.24) is 4.98 Å². The molecule has 0 unspecified atom stereocenters. The van der Waals surface area contributed by atoms with Gasteiger partial charge in [-0.1, -0.05) is 30.3 Å². The van der Waals surface area contributed by atoms with E-state index >= 15 is 0 Å². The third-order valence-corrected chi connectivity index (χ3v) is 4.27. The fourth-order valence-electron chi connectivity index (χ4n) is 2.77. The number of rotatable bonds is 4. The molecular weight excluding hydrogens is 352 g/mol. The number of nitrogens with zero attached hydrogens (tertiary/aromatic N) is 2. The minimum Gasteiger partial charge on any atom is -0.322 e. The van der Waals surface area contributed by atoms with Crippen LogP contribution in [0.25, 0.3) is 0 Å². The first-order chi connectivity index (χ1) is 13.5. The zero-order chi connectivity index (χ0) is 20.1. The number of aromatic nitrogens is 1. The van der Waals surface area contributed by atoms with E-state index in [1.54, 1.807) is 30.3 Å². The molecular formula is C22H18N4O2. The summed E-state index contributed by atoms with van der Waals surface area (Å²) in [7, 11) is 0. The molecule has 0 atom stereocenters. The summed E-state index contributed by atoms with van der Waals surface area (Å²) in [4.78, 5) is 29.2. The highest BCUT2D eigenvalue weighted by molar-refractivity contribution is 6.08. The maximum absolute atomic E-state index is 12.6. The highest BCUT2D eigenvalue weighted by Gasteiger charge is 2.15. The summed E-state index contributed by atoms with van der Waals surface area (Å²) in [6.45, 7) is 3.83. The third-order valence-electron chi connectivity index (χ3n) is 4.27. The summed E-state index contributed by atoms with van der Waals surface area (Å²) in [5.74, 6) is -0.823. The average molecular weight is 370 g/mol. The number of carbonyl (C=O) groups excluding carboxylic acids is 2. The summed E-state index contributed by atoms with van der Waals surface area (Å²) < 4.78 is 0. The quantitative estimate of drug-likeness (QED) is 0.723. The molecule has 0 aliphatic heterocycles. The van der Waals surface area contributed by atoms with E-state index in [9.17, 15) is 9.59 Å². The Bertz CT molecular complexity index is 1080. The van der Waals surface area contributed by atoms with Crippen LogP contribution in [0.15, 0.2) is 60.8 Å². The van der Waals surface area contributed by atoms with Gasteiger partial charge in [-0.2, -0.15) is 5.26 Å². The predicted molar refractivity (Wildman–Crippen MR) is 107 cm³/mol. The molecule has 138 valence electrons. The number of nitriles is 1. The molecule has 2 N–H and O–H groups in total. The number of pyridine rings is 1. The Balaban J connectivity index is 1.81. The second kappa shape index (κ2) is 8.14. The van der Waals surface area contributed by atoms with Crippen LogP contribution < -0.4 is 10.6 Å². The SMILES string of the molecule is Cc1cccc(C)c1NC(=O)c1ccnc(C(=O)Nc2ccccc2C#N)c1. The fourth-order valence-corrected chi connectivity index (χ4v) is 2.77. The largest absolute Gasteiger partial charge is 0.322 e. The van der Waals surface area contributed by atoms with E-state index in [1.165, 1.54) is 12.3 Å². The first-order valence-corrected chi connectivity index (χ1v) is 8.63. The minimum absolute atomic E-state index is 0.0851. The monoisotopic (exact) mass is 370 g/mol. The average Bonchev–Trinajstić information content (AvgIpc) is 2.71. The number of nitrogens with one attached hydrogen (secondary N) is 2. The van der Waals surface area contributed by atoms with Crippen molar-refractivity contribution < 1.29 is 9.59 Å². The first-order valence-electron chi connectivity index (χ1n) is 8.63. The number of hydrogen-bond donors (Lipinski definition) is 2. The van der Waals surface area contributed by atoms with Crippen molar-refractivity contribution >= 4 is 23.2 Å². The lowest BCUT2D eigenvalue weighted by Gasteiger charge is -2.12. The molecule has 6 nitrogen and oxygen atoms in total. The maximum atomic E-state index is 12.6. The van der Waals surface area contributed by atoms with Gasteiger partial charge in [0.15, 0.2) is 0 Å². The van der Waals surface area contributed by atoms with E-state index in [-0.39, 0.29) is 11.6 Å². The lowest BCUT2D eigenvalue weighted by Crippen LogP contribution is -2.18. The smallest absolute Gasteiger partial charge is 0.274 e. The van der Waals surface area contributed by atoms with Crippen molar-refractivity contribution in [3.05, 3.63) is 88.7 Å². The van der Waals surface area contributed by atoms with Crippen molar-refractivity contribution in [3.8, 4) is 6.07 Å². The van der Waals surface area contributed by atoms with Gasteiger partial charge in [0.2, 0.25) is 0 Å². The van der Waals surface area contributed by atoms with Crippen LogP contribution in [0.5, 0.6) is 0 Å². The topological polar surface area (TPSA) is 94.9 Å². The molecule has 0 bridgehead atoms. The van der Waals surface area contributed by atoms with Gasteiger partial charge >= 0.3 is 0 Å². The molecule has 3 aromatic rings. The normalized spacial score (nSPS) is 10.0. The number of para-hydroxylation sites is 2. The van der Waals surface area contributed by atoms with E-state index in [0.29, 0.717) is 16.8 Å². The molecule has 0 spiro atoms. The van der Waals surface area contributed by atoms with Crippen molar-refractivity contribution in [2.24, 2.45) is 0 Å². The van der Waals surface area contributed by atoms with Gasteiger partial charge in [-0.25, -0.2) is 0 Å². The Morgan fingerprint density at radius 2 is 1.64 bits per heavy atom. The van der Waals surface area contributed by atoms with Crippen LogP contribution in [0.4, 0.5) is 11.4 Å². The lowest BCUT2D eigenvalue weighted by atomic mass is 10.1. The lowest BCUT2D eigenvalue weighted by molar-refractivity contribution is 0.102. The minimum atomic E-state index is -0.496. The zero-order valence-corrected chi connectivity index (χ0v) is 15.5. The summed E-state index contributed by atoms with van der Waals surface area (Å²) in [5, 5.41) is 14.7. The van der Waals surface area contributed by atoms with Crippen LogP contribution in [-0.4, -0.2) is 16.8 Å². The van der Waals surface area contributed by atoms with Crippen molar-refractivity contribution in [2.45, 2.75) is 13.8 Å². The zero-order valence-electron chi connectivity index (χ0n) is 15.5. The number of aryl methyl sites for hydroxylation is 2. The Kier molecular flexibility index (Phi) is 5.47. The van der Waals surface area contributed by atoms with Gasteiger partial charge in [0.25, 0.3) is 11.8 Å². The molecule has 0 radical (unpaired) electrons. The van der Waals surface area contributed by atoms with E-state index in [1.807, 2.05) is 38.1 Å². The predicted octanol–water partition coefficient (Wildman–Crippen LogP) is 4.07. The molecule has 0 saturated heterocycles. The van der Waals surface area contributed by atoms with Crippen LogP contribution in [0.1, 0.15) is 37.5 Å². The van der Waals surface area contributed by atoms with E-state index in [4.69, 9.17) is 5.26 Å². The first kappa shape index (κ1) is 18.8. The van der Waals surface area contributed by atoms with Gasteiger partial charge in [-0.05, 0) is 49.2 Å². The molecule has 0 aliphatic rings. The molecule has 28 heavy (non-hydrogen) atoms. The van der Waals surface area contributed by atoms with E-state index < -0.39 is 5.91 Å². The molecule has 3 rings (SSSR count). The number of benzene rings is 2. The van der Waals surface area contributed by atoms with Crippen molar-refractivity contribution in [1.29, 1.82) is 5.26 Å². The van der Waals surface area contributed by atoms with E-state index in [2.05, 4.69) is 15.6 Å². The summed E-state index contributed by atoms with van der Waals surface area (Å²) in [6, 6.07) is 17.4. The van der Waals surface area contributed by atoms with Gasteiger partial charge in [0.05, 0.1) is 11.3 Å². The summed E-state index contributed by atoms with van der Waals surface area (Å²) >= 11 is 0. The van der Waals surface area contributed by atoms with Crippen LogP contribution in [-0.2, 0) is 0 Å². The number of carbonyl (C=O) groups is 2. The van der Waals surface area contributed by atoms with Gasteiger partial charge in [-0.15, -0.1) is 0 Å². The van der Waals surface area contributed by atoms with Gasteiger partial charge in [0, 0.05) is 17.4 Å².